The Bertz CT molecular complexity index is 208. The van der Waals surface area contributed by atoms with E-state index in [0.717, 1.165) is 25.9 Å². The predicted octanol–water partition coefficient (Wildman–Crippen LogP) is 1.39. The van der Waals surface area contributed by atoms with Gasteiger partial charge >= 0.3 is 5.97 Å². The Hall–Kier alpha value is -0.610. The zero-order valence-electron chi connectivity index (χ0n) is 9.37. The summed E-state index contributed by atoms with van der Waals surface area (Å²) < 4.78 is 5.57. The molecule has 0 spiro atoms. The van der Waals surface area contributed by atoms with E-state index >= 15 is 0 Å². The highest BCUT2D eigenvalue weighted by Crippen LogP contribution is 2.31. The van der Waals surface area contributed by atoms with Gasteiger partial charge in [0.05, 0.1) is 11.5 Å². The number of rotatable bonds is 5. The molecule has 1 aliphatic heterocycles. The molecule has 0 saturated carbocycles. The molecular weight excluding hydrogens is 194 g/mol. The number of carboxylic acid groups (broad SMARTS) is 1. The van der Waals surface area contributed by atoms with E-state index < -0.39 is 11.4 Å². The minimum Gasteiger partial charge on any atom is -0.481 e. The molecule has 1 heterocycles. The fourth-order valence-corrected chi connectivity index (χ4v) is 2.10. The van der Waals surface area contributed by atoms with Gasteiger partial charge in [-0.25, -0.2) is 0 Å². The van der Waals surface area contributed by atoms with Crippen LogP contribution in [0.4, 0.5) is 0 Å². The lowest BCUT2D eigenvalue weighted by atomic mass is 9.78. The fourth-order valence-electron chi connectivity index (χ4n) is 2.10. The van der Waals surface area contributed by atoms with E-state index in [0.29, 0.717) is 12.8 Å². The van der Waals surface area contributed by atoms with Crippen molar-refractivity contribution in [2.75, 3.05) is 13.2 Å². The monoisotopic (exact) mass is 215 g/mol. The summed E-state index contributed by atoms with van der Waals surface area (Å²) in [5.41, 5.74) is 4.81. The van der Waals surface area contributed by atoms with Crippen molar-refractivity contribution in [2.45, 2.75) is 45.1 Å². The first-order chi connectivity index (χ1) is 7.14. The first-order valence-corrected chi connectivity index (χ1v) is 5.69. The summed E-state index contributed by atoms with van der Waals surface area (Å²) in [5.74, 6) is -0.790. The summed E-state index contributed by atoms with van der Waals surface area (Å²) in [4.78, 5) is 11.2. The maximum Gasteiger partial charge on any atom is 0.311 e. The van der Waals surface area contributed by atoms with Gasteiger partial charge in [-0.2, -0.15) is 0 Å². The second-order valence-electron chi connectivity index (χ2n) is 4.34. The van der Waals surface area contributed by atoms with Crippen LogP contribution in [0.25, 0.3) is 0 Å². The van der Waals surface area contributed by atoms with Crippen LogP contribution >= 0.6 is 0 Å². The molecule has 0 amide bonds. The van der Waals surface area contributed by atoms with Gasteiger partial charge in [0.2, 0.25) is 0 Å². The minimum absolute atomic E-state index is 0.0818. The van der Waals surface area contributed by atoms with E-state index in [-0.39, 0.29) is 12.6 Å². The van der Waals surface area contributed by atoms with Crippen LogP contribution in [-0.4, -0.2) is 30.3 Å². The van der Waals surface area contributed by atoms with E-state index in [1.165, 1.54) is 0 Å². The van der Waals surface area contributed by atoms with Crippen molar-refractivity contribution in [2.24, 2.45) is 11.1 Å². The average molecular weight is 215 g/mol. The van der Waals surface area contributed by atoms with Gasteiger partial charge in [0.25, 0.3) is 0 Å². The third kappa shape index (κ3) is 2.92. The number of carbonyl (C=O) groups is 1. The molecule has 15 heavy (non-hydrogen) atoms. The van der Waals surface area contributed by atoms with E-state index in [1.54, 1.807) is 0 Å². The second-order valence-corrected chi connectivity index (χ2v) is 4.34. The van der Waals surface area contributed by atoms with Gasteiger partial charge in [-0.15, -0.1) is 0 Å². The maximum atomic E-state index is 11.2. The lowest BCUT2D eigenvalue weighted by molar-refractivity contribution is -0.152. The molecule has 0 aliphatic carbocycles. The topological polar surface area (TPSA) is 72.5 Å². The molecule has 0 aromatic heterocycles. The summed E-state index contributed by atoms with van der Waals surface area (Å²) in [6.07, 6.45) is 4.39. The third-order valence-electron chi connectivity index (χ3n) is 3.41. The molecule has 2 atom stereocenters. The van der Waals surface area contributed by atoms with Gasteiger partial charge in [-0.05, 0) is 32.1 Å². The van der Waals surface area contributed by atoms with Crippen LogP contribution < -0.4 is 5.73 Å². The highest BCUT2D eigenvalue weighted by atomic mass is 16.5. The van der Waals surface area contributed by atoms with Crippen molar-refractivity contribution in [1.29, 1.82) is 0 Å². The highest BCUT2D eigenvalue weighted by molar-refractivity contribution is 5.74. The Labute approximate surface area is 90.8 Å². The number of hydrogen-bond acceptors (Lipinski definition) is 3. The van der Waals surface area contributed by atoms with Gasteiger partial charge in [0, 0.05) is 13.2 Å². The van der Waals surface area contributed by atoms with Crippen molar-refractivity contribution in [1.82, 2.24) is 0 Å². The van der Waals surface area contributed by atoms with Crippen LogP contribution in [0.5, 0.6) is 0 Å². The molecular formula is C11H21NO3. The molecule has 4 heteroatoms. The van der Waals surface area contributed by atoms with Crippen LogP contribution in [0, 0.1) is 5.41 Å². The van der Waals surface area contributed by atoms with E-state index in [9.17, 15) is 9.90 Å². The van der Waals surface area contributed by atoms with Gasteiger partial charge in [-0.3, -0.25) is 4.79 Å². The van der Waals surface area contributed by atoms with E-state index in [4.69, 9.17) is 10.5 Å². The zero-order chi connectivity index (χ0) is 11.3. The largest absolute Gasteiger partial charge is 0.481 e. The summed E-state index contributed by atoms with van der Waals surface area (Å²) >= 11 is 0. The summed E-state index contributed by atoms with van der Waals surface area (Å²) in [7, 11) is 0. The maximum absolute atomic E-state index is 11.2. The normalized spacial score (nSPS) is 25.9. The smallest absolute Gasteiger partial charge is 0.311 e. The SMILES string of the molecule is CCC(CN)(CC1CCCCO1)C(=O)O. The number of hydrogen-bond donors (Lipinski definition) is 2. The molecule has 88 valence electrons. The molecule has 3 N–H and O–H groups in total. The standard InChI is InChI=1S/C11H21NO3/c1-2-11(8-12,10(13)14)7-9-5-3-4-6-15-9/h9H,2-8,12H2,1H3,(H,13,14). The van der Waals surface area contributed by atoms with Gasteiger partial charge in [0.15, 0.2) is 0 Å². The molecule has 0 bridgehead atoms. The Balaban J connectivity index is 2.60. The molecule has 2 unspecified atom stereocenters. The Kier molecular flexibility index (Phi) is 4.54. The summed E-state index contributed by atoms with van der Waals surface area (Å²) in [6.45, 7) is 2.83. The first kappa shape index (κ1) is 12.5. The van der Waals surface area contributed by atoms with Crippen LogP contribution in [0.1, 0.15) is 39.0 Å². The second kappa shape index (κ2) is 5.47. The van der Waals surface area contributed by atoms with Crippen LogP contribution in [0.15, 0.2) is 0 Å². The quantitative estimate of drug-likeness (QED) is 0.726. The molecule has 4 nitrogen and oxygen atoms in total. The van der Waals surface area contributed by atoms with Crippen LogP contribution in [-0.2, 0) is 9.53 Å². The van der Waals surface area contributed by atoms with Crippen molar-refractivity contribution >= 4 is 5.97 Å². The molecule has 1 aliphatic rings. The summed E-state index contributed by atoms with van der Waals surface area (Å²) in [5, 5.41) is 9.22. The molecule has 1 fully saturated rings. The third-order valence-corrected chi connectivity index (χ3v) is 3.41. The number of aliphatic carboxylic acids is 1. The molecule has 1 saturated heterocycles. The minimum atomic E-state index is -0.790. The fraction of sp³-hybridized carbons (Fsp3) is 0.909. The molecule has 0 aromatic rings. The van der Waals surface area contributed by atoms with Gasteiger partial charge in [-0.1, -0.05) is 6.92 Å². The molecule has 0 radical (unpaired) electrons. The van der Waals surface area contributed by atoms with E-state index in [2.05, 4.69) is 0 Å². The lowest BCUT2D eigenvalue weighted by Crippen LogP contribution is -2.42. The average Bonchev–Trinajstić information content (AvgIpc) is 2.27. The predicted molar refractivity (Wildman–Crippen MR) is 57.6 cm³/mol. The van der Waals surface area contributed by atoms with Crippen LogP contribution in [0.3, 0.4) is 0 Å². The van der Waals surface area contributed by atoms with Gasteiger partial charge in [0.1, 0.15) is 0 Å². The molecule has 1 rings (SSSR count). The number of nitrogens with two attached hydrogens (primary N) is 1. The summed E-state index contributed by atoms with van der Waals surface area (Å²) in [6, 6.07) is 0. The van der Waals surface area contributed by atoms with Crippen molar-refractivity contribution < 1.29 is 14.6 Å². The van der Waals surface area contributed by atoms with Crippen LogP contribution in [0.2, 0.25) is 0 Å². The first-order valence-electron chi connectivity index (χ1n) is 5.69. The van der Waals surface area contributed by atoms with Crippen molar-refractivity contribution in [3.05, 3.63) is 0 Å². The number of carboxylic acids is 1. The Morgan fingerprint density at radius 1 is 1.60 bits per heavy atom. The van der Waals surface area contributed by atoms with E-state index in [1.807, 2.05) is 6.92 Å². The molecule has 0 aromatic carbocycles. The number of ether oxygens (including phenoxy) is 1. The lowest BCUT2D eigenvalue weighted by Gasteiger charge is -2.32. The Morgan fingerprint density at radius 3 is 2.73 bits per heavy atom. The highest BCUT2D eigenvalue weighted by Gasteiger charge is 2.38. The zero-order valence-corrected chi connectivity index (χ0v) is 9.37. The van der Waals surface area contributed by atoms with Crippen molar-refractivity contribution in [3.63, 3.8) is 0 Å². The van der Waals surface area contributed by atoms with Gasteiger partial charge < -0.3 is 15.6 Å². The Morgan fingerprint density at radius 2 is 2.33 bits per heavy atom. The van der Waals surface area contributed by atoms with Crippen molar-refractivity contribution in [3.8, 4) is 0 Å².